The van der Waals surface area contributed by atoms with E-state index in [9.17, 15) is 19.2 Å². The van der Waals surface area contributed by atoms with Crippen molar-refractivity contribution in [1.29, 1.82) is 0 Å². The lowest BCUT2D eigenvalue weighted by molar-refractivity contribution is -0.144. The van der Waals surface area contributed by atoms with Crippen LogP contribution < -0.4 is 5.32 Å². The molecule has 1 aliphatic heterocycles. The Morgan fingerprint density at radius 3 is 2.39 bits per heavy atom. The molecule has 5 amide bonds. The highest BCUT2D eigenvalue weighted by atomic mass is 32.1. The van der Waals surface area contributed by atoms with Crippen LogP contribution in [0.25, 0.3) is 0 Å². The fraction of sp³-hybridized carbons (Fsp3) is 0.300. The molecule has 1 saturated heterocycles. The van der Waals surface area contributed by atoms with Crippen LogP contribution in [0.4, 0.5) is 4.79 Å². The molecule has 1 aromatic heterocycles. The van der Waals surface area contributed by atoms with Gasteiger partial charge >= 0.3 is 17.8 Å². The minimum atomic E-state index is -0.955. The number of nitrogens with one attached hydrogen (secondary N) is 1. The molecule has 0 spiro atoms. The normalized spacial score (nSPS) is 15.2. The van der Waals surface area contributed by atoms with Gasteiger partial charge in [0.25, 0.3) is 0 Å². The molecule has 0 bridgehead atoms. The van der Waals surface area contributed by atoms with Crippen molar-refractivity contribution in [3.05, 3.63) is 58.3 Å². The molecule has 146 valence electrons. The van der Waals surface area contributed by atoms with Gasteiger partial charge in [-0.3, -0.25) is 19.3 Å². The van der Waals surface area contributed by atoms with Crippen molar-refractivity contribution in [2.45, 2.75) is 25.8 Å². The third-order valence-electron chi connectivity index (χ3n) is 4.44. The summed E-state index contributed by atoms with van der Waals surface area (Å²) in [6.07, 6.45) is 1.39. The largest absolute Gasteiger partial charge is 0.343 e. The molecule has 0 saturated carbocycles. The van der Waals surface area contributed by atoms with Gasteiger partial charge in [-0.05, 0) is 23.4 Å². The van der Waals surface area contributed by atoms with E-state index in [1.54, 1.807) is 0 Å². The Hall–Kier alpha value is -3.00. The zero-order chi connectivity index (χ0) is 20.1. The monoisotopic (exact) mass is 399 g/mol. The quantitative estimate of drug-likeness (QED) is 0.546. The fourth-order valence-corrected chi connectivity index (χ4v) is 3.78. The van der Waals surface area contributed by atoms with Crippen molar-refractivity contribution < 1.29 is 19.2 Å². The molecule has 1 N–H and O–H groups in total. The Bertz CT molecular complexity index is 867. The third-order valence-corrected chi connectivity index (χ3v) is 5.38. The van der Waals surface area contributed by atoms with Crippen LogP contribution in [-0.2, 0) is 14.4 Å². The number of amides is 5. The Morgan fingerprint density at radius 1 is 1.04 bits per heavy atom. The predicted molar refractivity (Wildman–Crippen MR) is 104 cm³/mol. The van der Waals surface area contributed by atoms with E-state index in [2.05, 4.69) is 5.32 Å². The molecular weight excluding hydrogens is 378 g/mol. The van der Waals surface area contributed by atoms with Crippen molar-refractivity contribution in [1.82, 2.24) is 15.1 Å². The minimum absolute atomic E-state index is 0.180. The SMILES string of the molecule is CCCCN1C(=O)C(=O)N(CC(=O)N[C@H](c2ccccc2)c2cccs2)C1=O. The van der Waals surface area contributed by atoms with E-state index in [-0.39, 0.29) is 6.54 Å². The average molecular weight is 399 g/mol. The molecular formula is C20H21N3O4S. The second-order valence-corrected chi connectivity index (χ2v) is 7.39. The number of imide groups is 2. The highest BCUT2D eigenvalue weighted by Crippen LogP contribution is 2.26. The molecule has 1 atom stereocenters. The van der Waals surface area contributed by atoms with E-state index in [4.69, 9.17) is 0 Å². The summed E-state index contributed by atoms with van der Waals surface area (Å²) in [6.45, 7) is 1.62. The zero-order valence-electron chi connectivity index (χ0n) is 15.5. The Balaban J connectivity index is 1.72. The van der Waals surface area contributed by atoms with Crippen molar-refractivity contribution in [3.8, 4) is 0 Å². The maximum absolute atomic E-state index is 12.6. The molecule has 0 radical (unpaired) electrons. The van der Waals surface area contributed by atoms with Crippen LogP contribution in [0.15, 0.2) is 47.8 Å². The molecule has 0 unspecified atom stereocenters. The van der Waals surface area contributed by atoms with E-state index in [0.29, 0.717) is 11.3 Å². The van der Waals surface area contributed by atoms with Gasteiger partial charge in [-0.1, -0.05) is 49.7 Å². The lowest BCUT2D eigenvalue weighted by Crippen LogP contribution is -2.42. The number of carbonyl (C=O) groups excluding carboxylic acids is 4. The zero-order valence-corrected chi connectivity index (χ0v) is 16.3. The van der Waals surface area contributed by atoms with Gasteiger partial charge in [0.2, 0.25) is 5.91 Å². The first kappa shape index (κ1) is 19.8. The van der Waals surface area contributed by atoms with Crippen molar-refractivity contribution in [2.75, 3.05) is 13.1 Å². The summed E-state index contributed by atoms with van der Waals surface area (Å²) in [5.74, 6) is -2.33. The topological polar surface area (TPSA) is 86.8 Å². The fourth-order valence-electron chi connectivity index (χ4n) is 2.97. The number of unbranched alkanes of at least 4 members (excludes halogenated alkanes) is 1. The minimum Gasteiger partial charge on any atom is -0.343 e. The number of thiophene rings is 1. The van der Waals surface area contributed by atoms with Crippen LogP contribution in [0.1, 0.15) is 36.2 Å². The van der Waals surface area contributed by atoms with Crippen molar-refractivity contribution >= 4 is 35.1 Å². The maximum Gasteiger partial charge on any atom is 0.334 e. The van der Waals surface area contributed by atoms with Gasteiger partial charge in [0.15, 0.2) is 0 Å². The summed E-state index contributed by atoms with van der Waals surface area (Å²) in [6, 6.07) is 12.1. The summed E-state index contributed by atoms with van der Waals surface area (Å²) >= 11 is 1.50. The van der Waals surface area contributed by atoms with E-state index in [0.717, 1.165) is 21.8 Å². The van der Waals surface area contributed by atoms with E-state index >= 15 is 0 Å². The van der Waals surface area contributed by atoms with Gasteiger partial charge in [0.1, 0.15) is 6.54 Å². The number of hydrogen-bond donors (Lipinski definition) is 1. The highest BCUT2D eigenvalue weighted by Gasteiger charge is 2.44. The molecule has 1 aliphatic rings. The Kier molecular flexibility index (Phi) is 6.20. The summed E-state index contributed by atoms with van der Waals surface area (Å²) in [5.41, 5.74) is 0.887. The smallest absolute Gasteiger partial charge is 0.334 e. The summed E-state index contributed by atoms with van der Waals surface area (Å²) in [4.78, 5) is 51.7. The molecule has 2 heterocycles. The highest BCUT2D eigenvalue weighted by molar-refractivity contribution is 7.10. The second-order valence-electron chi connectivity index (χ2n) is 6.41. The van der Waals surface area contributed by atoms with E-state index < -0.39 is 36.3 Å². The second kappa shape index (κ2) is 8.79. The lowest BCUT2D eigenvalue weighted by atomic mass is 10.1. The molecule has 1 aromatic carbocycles. The first-order valence-electron chi connectivity index (χ1n) is 9.08. The van der Waals surface area contributed by atoms with Gasteiger partial charge in [-0.15, -0.1) is 11.3 Å². The van der Waals surface area contributed by atoms with Gasteiger partial charge < -0.3 is 5.32 Å². The molecule has 8 heteroatoms. The number of urea groups is 1. The van der Waals surface area contributed by atoms with Gasteiger partial charge in [0.05, 0.1) is 6.04 Å². The van der Waals surface area contributed by atoms with Crippen LogP contribution >= 0.6 is 11.3 Å². The number of carbonyl (C=O) groups is 4. The molecule has 7 nitrogen and oxygen atoms in total. The number of nitrogens with zero attached hydrogens (tertiary/aromatic N) is 2. The number of benzene rings is 1. The van der Waals surface area contributed by atoms with Crippen LogP contribution in [0.2, 0.25) is 0 Å². The van der Waals surface area contributed by atoms with Crippen LogP contribution in [0.3, 0.4) is 0 Å². The first-order valence-corrected chi connectivity index (χ1v) is 9.96. The summed E-state index contributed by atoms with van der Waals surface area (Å²) in [5, 5.41) is 4.78. The van der Waals surface area contributed by atoms with E-state index in [1.807, 2.05) is 54.8 Å². The molecule has 1 fully saturated rings. The van der Waals surface area contributed by atoms with Crippen molar-refractivity contribution in [3.63, 3.8) is 0 Å². The number of hydrogen-bond acceptors (Lipinski definition) is 5. The van der Waals surface area contributed by atoms with Gasteiger partial charge in [-0.25, -0.2) is 9.69 Å². The van der Waals surface area contributed by atoms with Gasteiger partial charge in [0, 0.05) is 11.4 Å². The van der Waals surface area contributed by atoms with Crippen LogP contribution in [-0.4, -0.2) is 46.6 Å². The standard InChI is InChI=1S/C20H21N3O4S/c1-2-3-11-22-18(25)19(26)23(20(22)27)13-16(24)21-17(15-10-7-12-28-15)14-8-5-4-6-9-14/h4-10,12,17H,2-3,11,13H2,1H3,(H,21,24)/t17-/m1/s1. The number of rotatable bonds is 8. The maximum atomic E-state index is 12.6. The van der Waals surface area contributed by atoms with Crippen LogP contribution in [0.5, 0.6) is 0 Å². The van der Waals surface area contributed by atoms with Gasteiger partial charge in [-0.2, -0.15) is 0 Å². The van der Waals surface area contributed by atoms with E-state index in [1.165, 1.54) is 11.3 Å². The third kappa shape index (κ3) is 4.12. The molecule has 0 aliphatic carbocycles. The first-order chi connectivity index (χ1) is 13.5. The average Bonchev–Trinajstić information content (AvgIpc) is 3.30. The molecule has 2 aromatic rings. The van der Waals surface area contributed by atoms with Crippen LogP contribution in [0, 0.1) is 0 Å². The molecule has 28 heavy (non-hydrogen) atoms. The predicted octanol–water partition coefficient (Wildman–Crippen LogP) is 2.54. The molecule has 3 rings (SSSR count). The van der Waals surface area contributed by atoms with Crippen molar-refractivity contribution in [2.24, 2.45) is 0 Å². The summed E-state index contributed by atoms with van der Waals surface area (Å²) in [7, 11) is 0. The lowest BCUT2D eigenvalue weighted by Gasteiger charge is -2.20. The Labute approximate surface area is 166 Å². The Morgan fingerprint density at radius 2 is 1.75 bits per heavy atom. The summed E-state index contributed by atoms with van der Waals surface area (Å²) < 4.78 is 0.